The standard InChI is InChI=1S/C13H18N2O2/c1-2-17-13-5-3-12(4-6-13)11-14-15-7-9-16-10-8-15/h3-6,11H,2,7-10H2,1H3. The van der Waals surface area contributed by atoms with Gasteiger partial charge in [-0.1, -0.05) is 0 Å². The Kier molecular flexibility index (Phi) is 4.38. The van der Waals surface area contributed by atoms with Crippen LogP contribution in [0.1, 0.15) is 12.5 Å². The highest BCUT2D eigenvalue weighted by Gasteiger charge is 2.05. The van der Waals surface area contributed by atoms with Gasteiger partial charge in [0.25, 0.3) is 0 Å². The first-order valence-corrected chi connectivity index (χ1v) is 5.98. The maximum Gasteiger partial charge on any atom is 0.119 e. The molecule has 0 radical (unpaired) electrons. The van der Waals surface area contributed by atoms with Crippen LogP contribution < -0.4 is 4.74 Å². The lowest BCUT2D eigenvalue weighted by Gasteiger charge is -2.23. The van der Waals surface area contributed by atoms with Crippen LogP contribution in [0.3, 0.4) is 0 Å². The number of nitrogens with zero attached hydrogens (tertiary/aromatic N) is 2. The average molecular weight is 234 g/mol. The second kappa shape index (κ2) is 6.25. The maximum absolute atomic E-state index is 5.38. The first-order valence-electron chi connectivity index (χ1n) is 5.98. The lowest BCUT2D eigenvalue weighted by molar-refractivity contribution is 0.0397. The number of ether oxygens (including phenoxy) is 2. The summed E-state index contributed by atoms with van der Waals surface area (Å²) >= 11 is 0. The van der Waals surface area contributed by atoms with Gasteiger partial charge in [-0.25, -0.2) is 0 Å². The maximum atomic E-state index is 5.38. The molecule has 0 spiro atoms. The zero-order valence-corrected chi connectivity index (χ0v) is 10.1. The number of hydrazone groups is 1. The van der Waals surface area contributed by atoms with Gasteiger partial charge in [-0.2, -0.15) is 5.10 Å². The molecule has 92 valence electrons. The summed E-state index contributed by atoms with van der Waals surface area (Å²) in [5.41, 5.74) is 1.08. The molecule has 4 heteroatoms. The fraction of sp³-hybridized carbons (Fsp3) is 0.462. The van der Waals surface area contributed by atoms with Crippen LogP contribution >= 0.6 is 0 Å². The Morgan fingerprint density at radius 1 is 1.29 bits per heavy atom. The van der Waals surface area contributed by atoms with Crippen LogP contribution in [-0.2, 0) is 4.74 Å². The van der Waals surface area contributed by atoms with Gasteiger partial charge >= 0.3 is 0 Å². The van der Waals surface area contributed by atoms with Crippen molar-refractivity contribution in [1.82, 2.24) is 5.01 Å². The second-order valence-corrected chi connectivity index (χ2v) is 3.81. The second-order valence-electron chi connectivity index (χ2n) is 3.81. The molecule has 1 aliphatic rings. The molecule has 1 heterocycles. The van der Waals surface area contributed by atoms with Crippen LogP contribution in [-0.4, -0.2) is 44.1 Å². The van der Waals surface area contributed by atoms with Gasteiger partial charge in [0.2, 0.25) is 0 Å². The smallest absolute Gasteiger partial charge is 0.119 e. The Morgan fingerprint density at radius 2 is 2.00 bits per heavy atom. The molecule has 0 bridgehead atoms. The van der Waals surface area contributed by atoms with Crippen LogP contribution in [0, 0.1) is 0 Å². The van der Waals surface area contributed by atoms with Gasteiger partial charge in [0, 0.05) is 0 Å². The Bertz CT molecular complexity index is 356. The van der Waals surface area contributed by atoms with Crippen LogP contribution in [0.4, 0.5) is 0 Å². The number of hydrogen-bond acceptors (Lipinski definition) is 4. The highest BCUT2D eigenvalue weighted by molar-refractivity contribution is 5.79. The van der Waals surface area contributed by atoms with Crippen molar-refractivity contribution in [3.63, 3.8) is 0 Å². The third-order valence-corrected chi connectivity index (χ3v) is 2.55. The van der Waals surface area contributed by atoms with Crippen molar-refractivity contribution in [3.8, 4) is 5.75 Å². The normalized spacial score (nSPS) is 16.4. The first-order chi connectivity index (χ1) is 8.38. The molecule has 1 aromatic carbocycles. The van der Waals surface area contributed by atoms with Crippen LogP contribution in [0.2, 0.25) is 0 Å². The molecule has 1 aliphatic heterocycles. The number of morpholine rings is 1. The van der Waals surface area contributed by atoms with E-state index in [2.05, 4.69) is 5.10 Å². The molecule has 2 rings (SSSR count). The van der Waals surface area contributed by atoms with Gasteiger partial charge < -0.3 is 9.47 Å². The topological polar surface area (TPSA) is 34.1 Å². The fourth-order valence-electron chi connectivity index (χ4n) is 1.63. The van der Waals surface area contributed by atoms with E-state index in [0.717, 1.165) is 37.6 Å². The average Bonchev–Trinajstić information content (AvgIpc) is 2.40. The van der Waals surface area contributed by atoms with Crippen LogP contribution in [0.15, 0.2) is 29.4 Å². The minimum Gasteiger partial charge on any atom is -0.494 e. The van der Waals surface area contributed by atoms with Gasteiger partial charge in [0.05, 0.1) is 39.1 Å². The highest BCUT2D eigenvalue weighted by Crippen LogP contribution is 2.11. The third kappa shape index (κ3) is 3.75. The molecule has 0 amide bonds. The van der Waals surface area contributed by atoms with E-state index in [9.17, 15) is 0 Å². The van der Waals surface area contributed by atoms with Gasteiger partial charge in [0.1, 0.15) is 5.75 Å². The molecule has 1 fully saturated rings. The van der Waals surface area contributed by atoms with Crippen molar-refractivity contribution >= 4 is 6.21 Å². The number of benzene rings is 1. The van der Waals surface area contributed by atoms with Gasteiger partial charge in [-0.15, -0.1) is 0 Å². The van der Waals surface area contributed by atoms with Gasteiger partial charge in [0.15, 0.2) is 0 Å². The number of hydrogen-bond donors (Lipinski definition) is 0. The minimum atomic E-state index is 0.696. The first kappa shape index (κ1) is 11.9. The predicted octanol–water partition coefficient (Wildman–Crippen LogP) is 1.75. The van der Waals surface area contributed by atoms with E-state index in [0.29, 0.717) is 6.61 Å². The van der Waals surface area contributed by atoms with E-state index >= 15 is 0 Å². The highest BCUT2D eigenvalue weighted by atomic mass is 16.5. The molecule has 0 N–H and O–H groups in total. The van der Waals surface area contributed by atoms with Crippen molar-refractivity contribution in [2.75, 3.05) is 32.9 Å². The molecule has 0 aromatic heterocycles. The Balaban J connectivity index is 1.91. The molecule has 17 heavy (non-hydrogen) atoms. The SMILES string of the molecule is CCOc1ccc(C=NN2CCOCC2)cc1. The summed E-state index contributed by atoms with van der Waals surface area (Å²) in [6.45, 7) is 5.94. The largest absolute Gasteiger partial charge is 0.494 e. The monoisotopic (exact) mass is 234 g/mol. The lowest BCUT2D eigenvalue weighted by Crippen LogP contribution is -2.32. The summed E-state index contributed by atoms with van der Waals surface area (Å²) < 4.78 is 10.6. The Morgan fingerprint density at radius 3 is 2.65 bits per heavy atom. The Labute approximate surface area is 102 Å². The lowest BCUT2D eigenvalue weighted by atomic mass is 10.2. The van der Waals surface area contributed by atoms with E-state index in [1.807, 2.05) is 42.4 Å². The van der Waals surface area contributed by atoms with Crippen molar-refractivity contribution in [1.29, 1.82) is 0 Å². The fourth-order valence-corrected chi connectivity index (χ4v) is 1.63. The van der Waals surface area contributed by atoms with E-state index in [4.69, 9.17) is 9.47 Å². The predicted molar refractivity (Wildman–Crippen MR) is 67.6 cm³/mol. The minimum absolute atomic E-state index is 0.696. The summed E-state index contributed by atoms with van der Waals surface area (Å²) in [4.78, 5) is 0. The van der Waals surface area contributed by atoms with Crippen molar-refractivity contribution in [2.45, 2.75) is 6.92 Å². The summed E-state index contributed by atoms with van der Waals surface area (Å²) in [7, 11) is 0. The molecule has 0 aliphatic carbocycles. The zero-order valence-electron chi connectivity index (χ0n) is 10.1. The molecule has 0 saturated carbocycles. The molecular formula is C13H18N2O2. The quantitative estimate of drug-likeness (QED) is 0.744. The summed E-state index contributed by atoms with van der Waals surface area (Å²) in [5, 5.41) is 6.44. The molecule has 1 saturated heterocycles. The van der Waals surface area contributed by atoms with E-state index in [-0.39, 0.29) is 0 Å². The zero-order chi connectivity index (χ0) is 11.9. The van der Waals surface area contributed by atoms with E-state index in [1.54, 1.807) is 0 Å². The molecule has 0 atom stereocenters. The molecule has 1 aromatic rings. The van der Waals surface area contributed by atoms with E-state index < -0.39 is 0 Å². The van der Waals surface area contributed by atoms with Gasteiger partial charge in [-0.05, 0) is 36.8 Å². The Hall–Kier alpha value is -1.55. The molecule has 0 unspecified atom stereocenters. The van der Waals surface area contributed by atoms with Crippen molar-refractivity contribution in [2.24, 2.45) is 5.10 Å². The summed E-state index contributed by atoms with van der Waals surface area (Å²) in [6, 6.07) is 7.94. The molecular weight excluding hydrogens is 216 g/mol. The van der Waals surface area contributed by atoms with Crippen LogP contribution in [0.5, 0.6) is 5.75 Å². The van der Waals surface area contributed by atoms with Gasteiger partial charge in [-0.3, -0.25) is 5.01 Å². The summed E-state index contributed by atoms with van der Waals surface area (Å²) in [6.07, 6.45) is 1.88. The van der Waals surface area contributed by atoms with Crippen LogP contribution in [0.25, 0.3) is 0 Å². The van der Waals surface area contributed by atoms with Crippen molar-refractivity contribution in [3.05, 3.63) is 29.8 Å². The van der Waals surface area contributed by atoms with Crippen molar-refractivity contribution < 1.29 is 9.47 Å². The number of rotatable bonds is 4. The summed E-state index contributed by atoms with van der Waals surface area (Å²) in [5.74, 6) is 0.899. The van der Waals surface area contributed by atoms with E-state index in [1.165, 1.54) is 0 Å². The third-order valence-electron chi connectivity index (χ3n) is 2.55. The molecule has 4 nitrogen and oxygen atoms in total.